The minimum Gasteiger partial charge on any atom is -0.477 e. The number of carbonyl (C=O) groups is 1. The monoisotopic (exact) mass is 258 g/mol. The van der Waals surface area contributed by atoms with Crippen LogP contribution in [-0.2, 0) is 0 Å². The molecule has 1 heterocycles. The van der Waals surface area contributed by atoms with Gasteiger partial charge in [0.15, 0.2) is 11.6 Å². The van der Waals surface area contributed by atoms with Crippen molar-refractivity contribution >= 4 is 17.3 Å². The van der Waals surface area contributed by atoms with E-state index >= 15 is 0 Å². The second-order valence-electron chi connectivity index (χ2n) is 3.22. The average Bonchev–Trinajstić information content (AvgIpc) is 2.72. The van der Waals surface area contributed by atoms with Gasteiger partial charge in [0.25, 0.3) is 0 Å². The summed E-state index contributed by atoms with van der Waals surface area (Å²) in [6.07, 6.45) is 0. The first-order valence-corrected chi connectivity index (χ1v) is 5.28. The fraction of sp³-hybridized carbons (Fsp3) is 0. The number of hydrogen-bond acceptors (Lipinski definition) is 2. The van der Waals surface area contributed by atoms with Crippen LogP contribution in [0.1, 0.15) is 9.67 Å². The van der Waals surface area contributed by atoms with Crippen molar-refractivity contribution in [2.45, 2.75) is 0 Å². The third-order valence-electron chi connectivity index (χ3n) is 2.09. The van der Waals surface area contributed by atoms with Crippen molar-refractivity contribution in [1.29, 1.82) is 0 Å². The van der Waals surface area contributed by atoms with Crippen LogP contribution < -0.4 is 0 Å². The molecule has 0 amide bonds. The first kappa shape index (κ1) is 11.7. The van der Waals surface area contributed by atoms with E-state index in [9.17, 15) is 18.0 Å². The van der Waals surface area contributed by atoms with Gasteiger partial charge in [0.2, 0.25) is 0 Å². The summed E-state index contributed by atoms with van der Waals surface area (Å²) in [6.45, 7) is 0. The lowest BCUT2D eigenvalue weighted by atomic mass is 10.1. The third kappa shape index (κ3) is 2.16. The van der Waals surface area contributed by atoms with E-state index in [4.69, 9.17) is 5.11 Å². The number of carboxylic acid groups (broad SMARTS) is 1. The lowest BCUT2D eigenvalue weighted by molar-refractivity contribution is 0.0702. The number of rotatable bonds is 2. The van der Waals surface area contributed by atoms with Crippen LogP contribution in [0, 0.1) is 17.5 Å². The molecule has 2 nitrogen and oxygen atoms in total. The molecule has 1 aromatic carbocycles. The topological polar surface area (TPSA) is 37.3 Å². The van der Waals surface area contributed by atoms with Crippen molar-refractivity contribution in [3.63, 3.8) is 0 Å². The van der Waals surface area contributed by atoms with E-state index in [1.165, 1.54) is 12.1 Å². The molecular formula is C11H5F3O2S. The summed E-state index contributed by atoms with van der Waals surface area (Å²) >= 11 is 0.794. The normalized spacial score (nSPS) is 10.5. The van der Waals surface area contributed by atoms with Crippen molar-refractivity contribution < 1.29 is 23.1 Å². The van der Waals surface area contributed by atoms with E-state index in [1.54, 1.807) is 0 Å². The van der Waals surface area contributed by atoms with Crippen molar-refractivity contribution in [2.75, 3.05) is 0 Å². The smallest absolute Gasteiger partial charge is 0.345 e. The molecule has 0 fully saturated rings. The van der Waals surface area contributed by atoms with E-state index < -0.39 is 23.4 Å². The summed E-state index contributed by atoms with van der Waals surface area (Å²) in [5, 5.41) is 8.70. The summed E-state index contributed by atoms with van der Waals surface area (Å²) in [4.78, 5) is 10.9. The third-order valence-corrected chi connectivity index (χ3v) is 3.20. The van der Waals surface area contributed by atoms with Gasteiger partial charge in [-0.1, -0.05) is 0 Å². The van der Waals surface area contributed by atoms with Gasteiger partial charge in [-0.15, -0.1) is 11.3 Å². The zero-order chi connectivity index (χ0) is 12.6. The molecule has 6 heteroatoms. The Kier molecular flexibility index (Phi) is 2.89. The van der Waals surface area contributed by atoms with Gasteiger partial charge < -0.3 is 5.11 Å². The van der Waals surface area contributed by atoms with Crippen molar-refractivity contribution in [3.05, 3.63) is 46.6 Å². The van der Waals surface area contributed by atoms with Crippen LogP contribution >= 0.6 is 11.3 Å². The van der Waals surface area contributed by atoms with Crippen molar-refractivity contribution in [2.24, 2.45) is 0 Å². The molecule has 17 heavy (non-hydrogen) atoms. The predicted molar refractivity (Wildman–Crippen MR) is 56.6 cm³/mol. The summed E-state index contributed by atoms with van der Waals surface area (Å²) in [5.74, 6) is -4.53. The lowest BCUT2D eigenvalue weighted by Crippen LogP contribution is -1.90. The predicted octanol–water partition coefficient (Wildman–Crippen LogP) is 3.53. The number of benzene rings is 1. The van der Waals surface area contributed by atoms with E-state index in [0.717, 1.165) is 11.3 Å². The second-order valence-corrected chi connectivity index (χ2v) is 4.30. The van der Waals surface area contributed by atoms with E-state index in [1.807, 2.05) is 0 Å². The van der Waals surface area contributed by atoms with Crippen LogP contribution in [0.4, 0.5) is 13.2 Å². The molecule has 1 aromatic heterocycles. The van der Waals surface area contributed by atoms with Crippen LogP contribution in [-0.4, -0.2) is 11.1 Å². The van der Waals surface area contributed by atoms with E-state index in [2.05, 4.69) is 0 Å². The molecule has 0 aliphatic heterocycles. The maximum Gasteiger partial charge on any atom is 0.345 e. The summed E-state index contributed by atoms with van der Waals surface area (Å²) in [7, 11) is 0. The highest BCUT2D eigenvalue weighted by Gasteiger charge is 2.14. The van der Waals surface area contributed by atoms with Gasteiger partial charge >= 0.3 is 5.97 Å². The highest BCUT2D eigenvalue weighted by atomic mass is 32.1. The molecule has 2 aromatic rings. The molecule has 0 unspecified atom stereocenters. The van der Waals surface area contributed by atoms with Crippen molar-refractivity contribution in [3.8, 4) is 10.4 Å². The Hall–Kier alpha value is -1.82. The van der Waals surface area contributed by atoms with Gasteiger partial charge in [-0.25, -0.2) is 18.0 Å². The Balaban J connectivity index is 2.52. The molecule has 2 rings (SSSR count). The molecule has 0 aliphatic rings. The SMILES string of the molecule is O=C(O)c1ccc(-c2cc(F)c(F)cc2F)s1. The Morgan fingerprint density at radius 2 is 1.71 bits per heavy atom. The maximum atomic E-state index is 13.4. The Morgan fingerprint density at radius 3 is 2.29 bits per heavy atom. The van der Waals surface area contributed by atoms with Crippen LogP contribution in [0.15, 0.2) is 24.3 Å². The van der Waals surface area contributed by atoms with Gasteiger partial charge in [0.05, 0.1) is 0 Å². The van der Waals surface area contributed by atoms with Gasteiger partial charge in [-0.3, -0.25) is 0 Å². The van der Waals surface area contributed by atoms with Gasteiger partial charge in [-0.05, 0) is 18.2 Å². The molecule has 0 aliphatic carbocycles. The quantitative estimate of drug-likeness (QED) is 0.837. The molecule has 0 saturated carbocycles. The minimum atomic E-state index is -1.28. The zero-order valence-electron chi connectivity index (χ0n) is 8.21. The van der Waals surface area contributed by atoms with E-state index in [-0.39, 0.29) is 15.3 Å². The lowest BCUT2D eigenvalue weighted by Gasteiger charge is -2.01. The fourth-order valence-electron chi connectivity index (χ4n) is 1.31. The zero-order valence-corrected chi connectivity index (χ0v) is 9.02. The van der Waals surface area contributed by atoms with Crippen LogP contribution in [0.25, 0.3) is 10.4 Å². The largest absolute Gasteiger partial charge is 0.477 e. The number of halogens is 3. The highest BCUT2D eigenvalue weighted by Crippen LogP contribution is 2.31. The molecule has 1 N–H and O–H groups in total. The maximum absolute atomic E-state index is 13.4. The average molecular weight is 258 g/mol. The molecule has 0 saturated heterocycles. The standard InChI is InChI=1S/C11H5F3O2S/c12-6-4-8(14)7(13)3-5(6)9-1-2-10(17-9)11(15)16/h1-4H,(H,15,16). The van der Waals surface area contributed by atoms with Crippen molar-refractivity contribution in [1.82, 2.24) is 0 Å². The Labute approximate surface area is 97.9 Å². The number of hydrogen-bond donors (Lipinski definition) is 1. The number of thiophene rings is 1. The Morgan fingerprint density at radius 1 is 1.06 bits per heavy atom. The first-order chi connectivity index (χ1) is 7.99. The number of carboxylic acids is 1. The molecule has 0 atom stereocenters. The first-order valence-electron chi connectivity index (χ1n) is 4.47. The highest BCUT2D eigenvalue weighted by molar-refractivity contribution is 7.17. The molecular weight excluding hydrogens is 253 g/mol. The van der Waals surface area contributed by atoms with Gasteiger partial charge in [0, 0.05) is 16.5 Å². The molecule has 0 bridgehead atoms. The summed E-state index contributed by atoms with van der Waals surface area (Å²) in [6, 6.07) is 3.78. The summed E-state index contributed by atoms with van der Waals surface area (Å²) < 4.78 is 39.0. The van der Waals surface area contributed by atoms with Gasteiger partial charge in [0.1, 0.15) is 10.7 Å². The fourth-order valence-corrected chi connectivity index (χ4v) is 2.17. The summed E-state index contributed by atoms with van der Waals surface area (Å²) in [5.41, 5.74) is -0.151. The minimum absolute atomic E-state index is 0.00383. The molecule has 0 spiro atoms. The van der Waals surface area contributed by atoms with Crippen LogP contribution in [0.5, 0.6) is 0 Å². The number of aromatic carboxylic acids is 1. The van der Waals surface area contributed by atoms with Gasteiger partial charge in [-0.2, -0.15) is 0 Å². The van der Waals surface area contributed by atoms with Crippen LogP contribution in [0.2, 0.25) is 0 Å². The van der Waals surface area contributed by atoms with Crippen LogP contribution in [0.3, 0.4) is 0 Å². The molecule has 0 radical (unpaired) electrons. The molecule has 88 valence electrons. The Bertz CT molecular complexity index is 592. The van der Waals surface area contributed by atoms with E-state index in [0.29, 0.717) is 12.1 Å². The second kappa shape index (κ2) is 4.21.